The third kappa shape index (κ3) is 2.74. The van der Waals surface area contributed by atoms with Crippen molar-refractivity contribution >= 4 is 8.03 Å². The Hall–Kier alpha value is 0.0200. The highest BCUT2D eigenvalue weighted by molar-refractivity contribution is 7.39. The Morgan fingerprint density at radius 3 is 2.80 bits per heavy atom. The van der Waals surface area contributed by atoms with E-state index in [1.165, 1.54) is 19.8 Å². The van der Waals surface area contributed by atoms with Crippen molar-refractivity contribution in [3.63, 3.8) is 0 Å². The van der Waals surface area contributed by atoms with Gasteiger partial charge in [0.2, 0.25) is 0 Å². The highest BCUT2D eigenvalue weighted by Gasteiger charge is 2.30. The van der Waals surface area contributed by atoms with Gasteiger partial charge in [-0.15, -0.1) is 4.52 Å². The van der Waals surface area contributed by atoms with E-state index in [-0.39, 0.29) is 0 Å². The molecule has 58 valence electrons. The summed E-state index contributed by atoms with van der Waals surface area (Å²) < 4.78 is 15.6. The van der Waals surface area contributed by atoms with E-state index in [4.69, 9.17) is 9.63 Å². The first-order valence-electron chi connectivity index (χ1n) is 3.47. The van der Waals surface area contributed by atoms with Crippen LogP contribution in [0.2, 0.25) is 0 Å². The molecule has 1 saturated carbocycles. The van der Waals surface area contributed by atoms with Crippen LogP contribution in [0.25, 0.3) is 0 Å². The fourth-order valence-corrected chi connectivity index (χ4v) is 1.14. The van der Waals surface area contributed by atoms with Crippen molar-refractivity contribution in [3.8, 4) is 0 Å². The molecule has 0 radical (unpaired) electrons. The molecule has 10 heavy (non-hydrogen) atoms. The van der Waals surface area contributed by atoms with E-state index in [9.17, 15) is 4.57 Å². The molecule has 1 aliphatic carbocycles. The van der Waals surface area contributed by atoms with Gasteiger partial charge in [-0.2, -0.15) is 0 Å². The molecular formula is C6H12O3P+. The van der Waals surface area contributed by atoms with Gasteiger partial charge in [0.25, 0.3) is 5.85 Å². The summed E-state index contributed by atoms with van der Waals surface area (Å²) in [6.07, 6.45) is 2.37. The smallest absolute Gasteiger partial charge is 0.349 e. The third-order valence-corrected chi connectivity index (χ3v) is 2.45. The maximum absolute atomic E-state index is 10.8. The Bertz CT molecular complexity index is 131. The molecule has 0 bridgehead atoms. The predicted molar refractivity (Wildman–Crippen MR) is 38.0 cm³/mol. The third-order valence-electron chi connectivity index (χ3n) is 1.44. The highest BCUT2D eigenvalue weighted by Crippen LogP contribution is 2.34. The van der Waals surface area contributed by atoms with Gasteiger partial charge in [0.1, 0.15) is 6.61 Å². The van der Waals surface area contributed by atoms with E-state index in [1.54, 1.807) is 0 Å². The molecule has 2 atom stereocenters. The van der Waals surface area contributed by atoms with Crippen LogP contribution >= 0.6 is 8.03 Å². The largest absolute Gasteiger partial charge is 0.539 e. The second kappa shape index (κ2) is 3.42. The SMILES string of the molecule is CC(O)[P+](=O)OCC1CC1. The molecule has 1 N–H and O–H groups in total. The molecular weight excluding hydrogens is 151 g/mol. The summed E-state index contributed by atoms with van der Waals surface area (Å²) in [5.41, 5.74) is 0. The van der Waals surface area contributed by atoms with Crippen molar-refractivity contribution < 1.29 is 14.2 Å². The van der Waals surface area contributed by atoms with Gasteiger partial charge in [0.15, 0.2) is 0 Å². The number of hydrogen-bond donors (Lipinski definition) is 1. The van der Waals surface area contributed by atoms with E-state index in [0.717, 1.165) is 0 Å². The van der Waals surface area contributed by atoms with Crippen molar-refractivity contribution in [1.82, 2.24) is 0 Å². The minimum atomic E-state index is -1.83. The first-order chi connectivity index (χ1) is 4.70. The fraction of sp³-hybridized carbons (Fsp3) is 1.00. The number of aliphatic hydroxyl groups excluding tert-OH is 1. The topological polar surface area (TPSA) is 46.5 Å². The Kier molecular flexibility index (Phi) is 2.78. The molecule has 0 aromatic rings. The zero-order chi connectivity index (χ0) is 7.56. The second-order valence-corrected chi connectivity index (χ2v) is 4.23. The van der Waals surface area contributed by atoms with Crippen molar-refractivity contribution in [3.05, 3.63) is 0 Å². The molecule has 4 heteroatoms. The van der Waals surface area contributed by atoms with Crippen LogP contribution in [0.5, 0.6) is 0 Å². The maximum atomic E-state index is 10.8. The van der Waals surface area contributed by atoms with Gasteiger partial charge < -0.3 is 5.11 Å². The lowest BCUT2D eigenvalue weighted by atomic mass is 10.5. The lowest BCUT2D eigenvalue weighted by molar-refractivity contribution is 0.228. The Morgan fingerprint density at radius 1 is 1.80 bits per heavy atom. The van der Waals surface area contributed by atoms with E-state index < -0.39 is 13.9 Å². The van der Waals surface area contributed by atoms with Crippen LogP contribution in [0.1, 0.15) is 19.8 Å². The van der Waals surface area contributed by atoms with Crippen LogP contribution in [0.4, 0.5) is 0 Å². The van der Waals surface area contributed by atoms with Crippen LogP contribution in [-0.4, -0.2) is 17.6 Å². The molecule has 0 heterocycles. The van der Waals surface area contributed by atoms with E-state index >= 15 is 0 Å². The van der Waals surface area contributed by atoms with Gasteiger partial charge >= 0.3 is 8.03 Å². The molecule has 0 aliphatic heterocycles. The van der Waals surface area contributed by atoms with E-state index in [1.807, 2.05) is 0 Å². The average Bonchev–Trinajstić information content (AvgIpc) is 2.64. The second-order valence-electron chi connectivity index (χ2n) is 2.66. The molecule has 0 amide bonds. The molecule has 1 aliphatic rings. The molecule has 0 spiro atoms. The van der Waals surface area contributed by atoms with Gasteiger partial charge in [0.05, 0.1) is 0 Å². The van der Waals surface area contributed by atoms with Gasteiger partial charge in [-0.05, 0) is 23.3 Å². The maximum Gasteiger partial charge on any atom is 0.539 e. The van der Waals surface area contributed by atoms with Crippen LogP contribution < -0.4 is 0 Å². The minimum absolute atomic E-state index is 0.556. The molecule has 0 aromatic heterocycles. The van der Waals surface area contributed by atoms with Crippen molar-refractivity contribution in [2.45, 2.75) is 25.6 Å². The van der Waals surface area contributed by atoms with Crippen LogP contribution in [0.15, 0.2) is 0 Å². The predicted octanol–water partition coefficient (Wildman–Crippen LogP) is 1.49. The molecule has 1 rings (SSSR count). The van der Waals surface area contributed by atoms with Crippen LogP contribution in [0.3, 0.4) is 0 Å². The van der Waals surface area contributed by atoms with E-state index in [2.05, 4.69) is 0 Å². The normalized spacial score (nSPS) is 22.4. The van der Waals surface area contributed by atoms with Crippen molar-refractivity contribution in [1.29, 1.82) is 0 Å². The van der Waals surface area contributed by atoms with Gasteiger partial charge in [0, 0.05) is 6.92 Å². The number of hydrogen-bond acceptors (Lipinski definition) is 3. The van der Waals surface area contributed by atoms with Crippen LogP contribution in [-0.2, 0) is 9.09 Å². The lowest BCUT2D eigenvalue weighted by Crippen LogP contribution is -1.96. The van der Waals surface area contributed by atoms with Gasteiger partial charge in [-0.3, -0.25) is 0 Å². The summed E-state index contributed by atoms with van der Waals surface area (Å²) in [6.45, 7) is 2.03. The van der Waals surface area contributed by atoms with Crippen LogP contribution in [0, 0.1) is 5.92 Å². The van der Waals surface area contributed by atoms with Crippen molar-refractivity contribution in [2.75, 3.05) is 6.61 Å². The summed E-state index contributed by atoms with van der Waals surface area (Å²) in [4.78, 5) is 0. The first kappa shape index (κ1) is 8.12. The summed E-state index contributed by atoms with van der Waals surface area (Å²) in [5, 5.41) is 8.75. The summed E-state index contributed by atoms with van der Waals surface area (Å²) >= 11 is 0. The summed E-state index contributed by atoms with van der Waals surface area (Å²) in [7, 11) is -1.83. The molecule has 3 nitrogen and oxygen atoms in total. The highest BCUT2D eigenvalue weighted by atomic mass is 31.1. The van der Waals surface area contributed by atoms with Gasteiger partial charge in [-0.25, -0.2) is 0 Å². The number of rotatable bonds is 4. The quantitative estimate of drug-likeness (QED) is 0.638. The zero-order valence-electron chi connectivity index (χ0n) is 5.99. The Balaban J connectivity index is 2.05. The summed E-state index contributed by atoms with van der Waals surface area (Å²) in [5.74, 6) is -0.216. The molecule has 0 saturated heterocycles. The molecule has 1 fully saturated rings. The minimum Gasteiger partial charge on any atom is -0.349 e. The molecule has 0 aromatic carbocycles. The Morgan fingerprint density at radius 2 is 2.40 bits per heavy atom. The number of aliphatic hydroxyl groups is 1. The summed E-state index contributed by atoms with van der Waals surface area (Å²) in [6, 6.07) is 0. The standard InChI is InChI=1S/C6H12O3P/c1-5(7)10(8)9-4-6-2-3-6/h5-7H,2-4H2,1H3/q+1. The Labute approximate surface area is 61.3 Å². The monoisotopic (exact) mass is 163 g/mol. The lowest BCUT2D eigenvalue weighted by Gasteiger charge is -1.89. The molecule has 2 unspecified atom stereocenters. The van der Waals surface area contributed by atoms with E-state index in [0.29, 0.717) is 12.5 Å². The zero-order valence-corrected chi connectivity index (χ0v) is 6.88. The average molecular weight is 163 g/mol. The first-order valence-corrected chi connectivity index (χ1v) is 4.72. The fourth-order valence-electron chi connectivity index (χ4n) is 0.571. The van der Waals surface area contributed by atoms with Crippen molar-refractivity contribution in [2.24, 2.45) is 5.92 Å². The van der Waals surface area contributed by atoms with Gasteiger partial charge in [-0.1, -0.05) is 0 Å².